The van der Waals surface area contributed by atoms with Gasteiger partial charge in [0.15, 0.2) is 0 Å². The molecule has 1 aliphatic carbocycles. The first-order valence-corrected chi connectivity index (χ1v) is 7.09. The van der Waals surface area contributed by atoms with Crippen molar-refractivity contribution in [2.75, 3.05) is 5.32 Å². The summed E-state index contributed by atoms with van der Waals surface area (Å²) in [5.74, 6) is 0.214. The Balaban J connectivity index is 1.78. The number of phenolic OH excluding ortho intramolecular Hbond substituents is 2. The largest absolute Gasteiger partial charge is 0.508 e. The van der Waals surface area contributed by atoms with Crippen molar-refractivity contribution >= 4 is 5.69 Å². The standard InChI is InChI=1S/C17H19NO2/c19-14-9-8-13(17(20)10-14)11-18-16-7-3-5-12-4-1-2-6-15(12)16/h3,5,7-10,18-20H,1-2,4,6,11H2. The zero-order valence-corrected chi connectivity index (χ0v) is 11.4. The van der Waals surface area contributed by atoms with E-state index in [0.29, 0.717) is 6.54 Å². The lowest BCUT2D eigenvalue weighted by atomic mass is 9.90. The molecule has 2 aromatic rings. The van der Waals surface area contributed by atoms with E-state index in [4.69, 9.17) is 0 Å². The van der Waals surface area contributed by atoms with Gasteiger partial charge in [0, 0.05) is 23.9 Å². The van der Waals surface area contributed by atoms with Crippen molar-refractivity contribution < 1.29 is 10.2 Å². The Bertz CT molecular complexity index is 622. The van der Waals surface area contributed by atoms with E-state index in [1.54, 1.807) is 12.1 Å². The molecule has 0 saturated carbocycles. The highest BCUT2D eigenvalue weighted by Crippen LogP contribution is 2.29. The van der Waals surface area contributed by atoms with Crippen LogP contribution in [0.3, 0.4) is 0 Å². The number of benzene rings is 2. The summed E-state index contributed by atoms with van der Waals surface area (Å²) >= 11 is 0. The number of anilines is 1. The summed E-state index contributed by atoms with van der Waals surface area (Å²) in [6.07, 6.45) is 4.81. The smallest absolute Gasteiger partial charge is 0.124 e. The van der Waals surface area contributed by atoms with Crippen molar-refractivity contribution in [1.29, 1.82) is 0 Å². The Morgan fingerprint density at radius 2 is 1.85 bits per heavy atom. The van der Waals surface area contributed by atoms with Crippen molar-refractivity contribution in [2.45, 2.75) is 32.2 Å². The highest BCUT2D eigenvalue weighted by atomic mass is 16.3. The van der Waals surface area contributed by atoms with Crippen molar-refractivity contribution in [3.05, 3.63) is 53.1 Å². The van der Waals surface area contributed by atoms with E-state index in [9.17, 15) is 10.2 Å². The zero-order valence-electron chi connectivity index (χ0n) is 11.4. The molecule has 20 heavy (non-hydrogen) atoms. The monoisotopic (exact) mass is 269 g/mol. The SMILES string of the molecule is Oc1ccc(CNc2cccc3c2CCCC3)c(O)c1. The number of phenols is 2. The summed E-state index contributed by atoms with van der Waals surface area (Å²) in [6.45, 7) is 0.558. The van der Waals surface area contributed by atoms with Crippen LogP contribution in [-0.2, 0) is 19.4 Å². The van der Waals surface area contributed by atoms with E-state index in [-0.39, 0.29) is 11.5 Å². The van der Waals surface area contributed by atoms with Crippen LogP contribution in [0.25, 0.3) is 0 Å². The van der Waals surface area contributed by atoms with E-state index in [2.05, 4.69) is 23.5 Å². The highest BCUT2D eigenvalue weighted by molar-refractivity contribution is 5.56. The van der Waals surface area contributed by atoms with Crippen molar-refractivity contribution in [3.8, 4) is 11.5 Å². The van der Waals surface area contributed by atoms with Crippen LogP contribution < -0.4 is 5.32 Å². The average Bonchev–Trinajstić information content (AvgIpc) is 2.46. The number of hydrogen-bond acceptors (Lipinski definition) is 3. The van der Waals surface area contributed by atoms with Crippen LogP contribution >= 0.6 is 0 Å². The predicted molar refractivity (Wildman–Crippen MR) is 80.2 cm³/mol. The maximum Gasteiger partial charge on any atom is 0.124 e. The quantitative estimate of drug-likeness (QED) is 0.798. The van der Waals surface area contributed by atoms with Gasteiger partial charge in [-0.2, -0.15) is 0 Å². The molecule has 104 valence electrons. The molecule has 0 heterocycles. The molecule has 0 radical (unpaired) electrons. The van der Waals surface area contributed by atoms with E-state index >= 15 is 0 Å². The first-order chi connectivity index (χ1) is 9.74. The summed E-state index contributed by atoms with van der Waals surface area (Å²) in [5.41, 5.74) is 4.80. The molecular formula is C17H19NO2. The van der Waals surface area contributed by atoms with Crippen LogP contribution in [0.5, 0.6) is 11.5 Å². The van der Waals surface area contributed by atoms with Gasteiger partial charge in [-0.3, -0.25) is 0 Å². The fourth-order valence-electron chi connectivity index (χ4n) is 2.84. The summed E-state index contributed by atoms with van der Waals surface area (Å²) < 4.78 is 0. The predicted octanol–water partition coefficient (Wildman–Crippen LogP) is 3.59. The molecule has 3 nitrogen and oxygen atoms in total. The van der Waals surface area contributed by atoms with Crippen molar-refractivity contribution in [2.24, 2.45) is 0 Å². The molecule has 0 saturated heterocycles. The Morgan fingerprint density at radius 1 is 1.00 bits per heavy atom. The highest BCUT2D eigenvalue weighted by Gasteiger charge is 2.12. The second kappa shape index (κ2) is 5.45. The number of nitrogens with one attached hydrogen (secondary N) is 1. The Morgan fingerprint density at radius 3 is 2.70 bits per heavy atom. The van der Waals surface area contributed by atoms with Crippen molar-refractivity contribution in [1.82, 2.24) is 0 Å². The zero-order chi connectivity index (χ0) is 13.9. The maximum atomic E-state index is 9.81. The molecule has 3 N–H and O–H groups in total. The molecule has 0 aliphatic heterocycles. The second-order valence-electron chi connectivity index (χ2n) is 5.32. The molecule has 0 bridgehead atoms. The van der Waals surface area contributed by atoms with Gasteiger partial charge >= 0.3 is 0 Å². The van der Waals surface area contributed by atoms with Gasteiger partial charge in [-0.25, -0.2) is 0 Å². The number of fused-ring (bicyclic) bond motifs is 1. The van der Waals surface area contributed by atoms with Crippen LogP contribution in [0.15, 0.2) is 36.4 Å². The van der Waals surface area contributed by atoms with Crippen LogP contribution in [0.1, 0.15) is 29.5 Å². The molecule has 0 spiro atoms. The van der Waals surface area contributed by atoms with Crippen LogP contribution in [0.2, 0.25) is 0 Å². The van der Waals surface area contributed by atoms with Gasteiger partial charge in [0.25, 0.3) is 0 Å². The molecule has 1 aliphatic rings. The van der Waals surface area contributed by atoms with Gasteiger partial charge < -0.3 is 15.5 Å². The normalized spacial score (nSPS) is 13.8. The minimum atomic E-state index is 0.0864. The van der Waals surface area contributed by atoms with E-state index in [1.807, 2.05) is 0 Å². The number of aryl methyl sites for hydroxylation is 1. The molecule has 0 fully saturated rings. The lowest BCUT2D eigenvalue weighted by Crippen LogP contribution is -2.08. The summed E-state index contributed by atoms with van der Waals surface area (Å²) in [6, 6.07) is 11.1. The first kappa shape index (κ1) is 12.9. The Labute approximate surface area is 118 Å². The molecule has 3 rings (SSSR count). The van der Waals surface area contributed by atoms with Crippen LogP contribution in [-0.4, -0.2) is 10.2 Å². The minimum Gasteiger partial charge on any atom is -0.508 e. The number of hydrogen-bond donors (Lipinski definition) is 3. The average molecular weight is 269 g/mol. The molecule has 2 aromatic carbocycles. The van der Waals surface area contributed by atoms with Crippen LogP contribution in [0, 0.1) is 0 Å². The molecule has 3 heteroatoms. The first-order valence-electron chi connectivity index (χ1n) is 7.09. The Hall–Kier alpha value is -2.16. The third kappa shape index (κ3) is 2.57. The van der Waals surface area contributed by atoms with Gasteiger partial charge in [0.1, 0.15) is 11.5 Å². The number of rotatable bonds is 3. The molecule has 0 amide bonds. The minimum absolute atomic E-state index is 0.0864. The topological polar surface area (TPSA) is 52.5 Å². The third-order valence-electron chi connectivity index (χ3n) is 3.93. The van der Waals surface area contributed by atoms with E-state index in [0.717, 1.165) is 24.1 Å². The van der Waals surface area contributed by atoms with Gasteiger partial charge in [0.05, 0.1) is 0 Å². The Kier molecular flexibility index (Phi) is 3.50. The third-order valence-corrected chi connectivity index (χ3v) is 3.93. The van der Waals surface area contributed by atoms with Crippen molar-refractivity contribution in [3.63, 3.8) is 0 Å². The maximum absolute atomic E-state index is 9.81. The van der Waals surface area contributed by atoms with Gasteiger partial charge in [-0.1, -0.05) is 12.1 Å². The van der Waals surface area contributed by atoms with Crippen LogP contribution in [0.4, 0.5) is 5.69 Å². The van der Waals surface area contributed by atoms with E-state index in [1.165, 1.54) is 30.0 Å². The number of aromatic hydroxyl groups is 2. The van der Waals surface area contributed by atoms with Gasteiger partial charge in [-0.15, -0.1) is 0 Å². The lowest BCUT2D eigenvalue weighted by molar-refractivity contribution is 0.446. The molecular weight excluding hydrogens is 250 g/mol. The molecule has 0 atom stereocenters. The lowest BCUT2D eigenvalue weighted by Gasteiger charge is -2.20. The summed E-state index contributed by atoms with van der Waals surface area (Å²) in [4.78, 5) is 0. The van der Waals surface area contributed by atoms with Gasteiger partial charge in [0.2, 0.25) is 0 Å². The van der Waals surface area contributed by atoms with Gasteiger partial charge in [-0.05, 0) is 55.0 Å². The fourth-order valence-corrected chi connectivity index (χ4v) is 2.84. The fraction of sp³-hybridized carbons (Fsp3) is 0.294. The second-order valence-corrected chi connectivity index (χ2v) is 5.32. The molecule has 0 unspecified atom stereocenters. The summed E-state index contributed by atoms with van der Waals surface area (Å²) in [7, 11) is 0. The summed E-state index contributed by atoms with van der Waals surface area (Å²) in [5, 5.41) is 22.5. The molecule has 0 aromatic heterocycles. The van der Waals surface area contributed by atoms with E-state index < -0.39 is 0 Å².